The normalized spacial score (nSPS) is 10.6. The summed E-state index contributed by atoms with van der Waals surface area (Å²) in [5, 5.41) is 39.2. The predicted molar refractivity (Wildman–Crippen MR) is 59.3 cm³/mol. The molecule has 0 saturated carbocycles. The van der Waals surface area contributed by atoms with E-state index in [0.29, 0.717) is 13.0 Å². The van der Waals surface area contributed by atoms with Gasteiger partial charge in [0.05, 0.1) is 0 Å². The molecule has 1 heterocycles. The molecule has 1 aliphatic heterocycles. The van der Waals surface area contributed by atoms with E-state index in [4.69, 9.17) is 20.4 Å². The number of hydrogen-bond acceptors (Lipinski definition) is 4. The van der Waals surface area contributed by atoms with E-state index in [1.54, 1.807) is 0 Å². The fourth-order valence-corrected chi connectivity index (χ4v) is 1.20. The Kier molecular flexibility index (Phi) is 104. The van der Waals surface area contributed by atoms with Crippen LogP contribution in [0.4, 0.5) is 0 Å². The van der Waals surface area contributed by atoms with E-state index in [1.165, 1.54) is 0 Å². The molecule has 0 bridgehead atoms. The third-order valence-electron chi connectivity index (χ3n) is 1.86. The Labute approximate surface area is 229 Å². The monoisotopic (exact) mass is 834 g/mol. The number of aliphatic hydroxyl groups excluding tert-OH is 2. The zero-order valence-electron chi connectivity index (χ0n) is 12.5. The van der Waals surface area contributed by atoms with Gasteiger partial charge in [-0.15, -0.1) is 13.1 Å². The van der Waals surface area contributed by atoms with E-state index in [9.17, 15) is 0 Å². The largest absolute Gasteiger partial charge is 0.658 e. The van der Waals surface area contributed by atoms with E-state index in [-0.39, 0.29) is 182 Å². The molecular formula is C7H22Cd5NO9-. The minimum Gasteiger partial charge on any atom is -0.658 e. The smallest absolute Gasteiger partial charge is 0.174 e. The zero-order valence-corrected chi connectivity index (χ0v) is 32.7. The summed E-state index contributed by atoms with van der Waals surface area (Å²) < 4.78 is 0. The Morgan fingerprint density at radius 2 is 0.955 bits per heavy atom. The third kappa shape index (κ3) is 24.0. The Morgan fingerprint density at radius 1 is 0.636 bits per heavy atom. The Bertz CT molecular complexity index is 191. The standard InChI is InChI=1S/C7H12NO4.5Cd.5H2O/c9-6(10)4-1-2-8-3-5(4)7(11)12;;;;;;;;;;/h6-7,9-12H,1-3H2;;;;;;5*1H2/q-1;;;;;;;;;;. The van der Waals surface area contributed by atoms with E-state index >= 15 is 0 Å². The molecule has 10 nitrogen and oxygen atoms in total. The van der Waals surface area contributed by atoms with Gasteiger partial charge in [0.25, 0.3) is 0 Å². The van der Waals surface area contributed by atoms with Crippen molar-refractivity contribution in [2.24, 2.45) is 0 Å². The minimum atomic E-state index is -1.63. The van der Waals surface area contributed by atoms with E-state index in [0.717, 1.165) is 0 Å². The molecule has 22 heavy (non-hydrogen) atoms. The summed E-state index contributed by atoms with van der Waals surface area (Å²) in [5.74, 6) is 0. The van der Waals surface area contributed by atoms with Crippen molar-refractivity contribution in [3.05, 3.63) is 16.5 Å². The average Bonchev–Trinajstić information content (AvgIpc) is 2.04. The molecule has 0 aromatic heterocycles. The average molecular weight is 826 g/mol. The molecule has 0 fully saturated rings. The molecule has 1 rings (SSSR count). The molecule has 0 aromatic carbocycles. The molecule has 14 N–H and O–H groups in total. The zero-order chi connectivity index (χ0) is 9.14. The maximum atomic E-state index is 8.83. The van der Waals surface area contributed by atoms with Gasteiger partial charge in [0.2, 0.25) is 0 Å². The van der Waals surface area contributed by atoms with Gasteiger partial charge in [-0.05, 0) is 17.6 Å². The molecule has 0 radical (unpaired) electrons. The van der Waals surface area contributed by atoms with E-state index in [1.807, 2.05) is 0 Å². The first kappa shape index (κ1) is 63.5. The van der Waals surface area contributed by atoms with Crippen molar-refractivity contribution in [2.75, 3.05) is 13.1 Å². The fraction of sp³-hybridized carbons (Fsp3) is 0.714. The van der Waals surface area contributed by atoms with Crippen LogP contribution in [0.15, 0.2) is 11.1 Å². The molecule has 1 aliphatic rings. The first-order valence-electron chi connectivity index (χ1n) is 3.70. The van der Waals surface area contributed by atoms with Crippen molar-refractivity contribution in [1.82, 2.24) is 0 Å². The number of aliphatic hydroxyl groups is 4. The summed E-state index contributed by atoms with van der Waals surface area (Å²) in [6, 6.07) is 0. The second-order valence-corrected chi connectivity index (χ2v) is 2.65. The predicted octanol–water partition coefficient (Wildman–Crippen LogP) is -5.45. The van der Waals surface area contributed by atoms with Crippen molar-refractivity contribution >= 4 is 0 Å². The van der Waals surface area contributed by atoms with Crippen LogP contribution in [0.25, 0.3) is 5.32 Å². The van der Waals surface area contributed by atoms with Crippen LogP contribution in [0.2, 0.25) is 0 Å². The van der Waals surface area contributed by atoms with Gasteiger partial charge in [0.1, 0.15) is 0 Å². The van der Waals surface area contributed by atoms with Gasteiger partial charge in [-0.1, -0.05) is 0 Å². The van der Waals surface area contributed by atoms with Crippen LogP contribution in [0.1, 0.15) is 6.42 Å². The van der Waals surface area contributed by atoms with Crippen molar-refractivity contribution in [3.63, 3.8) is 0 Å². The van der Waals surface area contributed by atoms with Crippen LogP contribution in [0.5, 0.6) is 0 Å². The van der Waals surface area contributed by atoms with Crippen molar-refractivity contribution in [2.45, 2.75) is 19.0 Å². The number of rotatable bonds is 2. The molecule has 120 valence electrons. The van der Waals surface area contributed by atoms with Gasteiger partial charge >= 0.3 is 0 Å². The topological polar surface area (TPSA) is 253 Å². The summed E-state index contributed by atoms with van der Waals surface area (Å²) >= 11 is 0. The number of nitrogens with zero attached hydrogens (tertiary/aromatic N) is 1. The summed E-state index contributed by atoms with van der Waals surface area (Å²) in [6.07, 6.45) is -2.85. The van der Waals surface area contributed by atoms with Crippen LogP contribution in [-0.2, 0) is 136 Å². The molecule has 15 heteroatoms. The molecule has 0 aromatic rings. The molecule has 0 saturated heterocycles. The quantitative estimate of drug-likeness (QED) is 0.121. The summed E-state index contributed by atoms with van der Waals surface area (Å²) in [4.78, 5) is 0. The minimum absolute atomic E-state index is 0. The van der Waals surface area contributed by atoms with Crippen LogP contribution in [0, 0.1) is 0 Å². The Hall–Kier alpha value is 3.95. The molecule has 0 amide bonds. The van der Waals surface area contributed by atoms with Gasteiger partial charge in [0.15, 0.2) is 12.6 Å². The van der Waals surface area contributed by atoms with Crippen molar-refractivity contribution in [3.8, 4) is 0 Å². The summed E-state index contributed by atoms with van der Waals surface area (Å²) in [6.45, 7) is 0.674. The van der Waals surface area contributed by atoms with Gasteiger partial charge in [-0.25, -0.2) is 0 Å². The molecule has 0 atom stereocenters. The molecular weight excluding hydrogens is 804 g/mol. The molecule has 0 aliphatic carbocycles. The summed E-state index contributed by atoms with van der Waals surface area (Å²) in [5.41, 5.74) is 0.483. The Balaban J connectivity index is -0.0000000180. The number of hydrogen-bond donors (Lipinski definition) is 4. The third-order valence-corrected chi connectivity index (χ3v) is 1.86. The van der Waals surface area contributed by atoms with Crippen LogP contribution in [-0.4, -0.2) is 73.5 Å². The first-order valence-corrected chi connectivity index (χ1v) is 3.70. The fourth-order valence-electron chi connectivity index (χ4n) is 1.20. The molecule has 0 unspecified atom stereocenters. The van der Waals surface area contributed by atoms with Gasteiger partial charge in [-0.2, -0.15) is 0 Å². The summed E-state index contributed by atoms with van der Waals surface area (Å²) in [7, 11) is 0. The van der Waals surface area contributed by atoms with Crippen LogP contribution in [0.3, 0.4) is 0 Å². The van der Waals surface area contributed by atoms with E-state index < -0.39 is 12.6 Å². The maximum absolute atomic E-state index is 8.83. The molecule has 0 spiro atoms. The Morgan fingerprint density at radius 3 is 1.18 bits per heavy atom. The second kappa shape index (κ2) is 36.0. The second-order valence-electron chi connectivity index (χ2n) is 2.65. The maximum Gasteiger partial charge on any atom is 0.174 e. The van der Waals surface area contributed by atoms with Crippen molar-refractivity contribution < 1.29 is 184 Å². The SMILES string of the molecule is O.O.O.O.O.OC(O)C1=C(C(O)O)C[N-]CC1.[Cd].[Cd].[Cd].[Cd].[Cd]. The van der Waals surface area contributed by atoms with E-state index in [2.05, 4.69) is 5.32 Å². The van der Waals surface area contributed by atoms with Crippen molar-refractivity contribution in [1.29, 1.82) is 0 Å². The van der Waals surface area contributed by atoms with Crippen LogP contribution < -0.4 is 0 Å². The van der Waals surface area contributed by atoms with Gasteiger partial charge < -0.3 is 53.1 Å². The van der Waals surface area contributed by atoms with Gasteiger partial charge in [0, 0.05) is 136 Å². The van der Waals surface area contributed by atoms with Gasteiger partial charge in [-0.3, -0.25) is 0 Å². The van der Waals surface area contributed by atoms with Crippen LogP contribution >= 0.6 is 0 Å². The first-order chi connectivity index (χ1) is 5.63.